The standard InChI is InChI=1S/C8H9F2NO2/c1-13-6-2-5(4-12)11-7(3-6)8(9)10/h2-3,8,12H,4H2,1H3. The second-order valence-corrected chi connectivity index (χ2v) is 2.38. The Labute approximate surface area is 74.0 Å². The zero-order valence-electron chi connectivity index (χ0n) is 7.00. The first-order chi connectivity index (χ1) is 6.17. The van der Waals surface area contributed by atoms with Crippen molar-refractivity contribution in [3.63, 3.8) is 0 Å². The number of methoxy groups -OCH3 is 1. The number of aromatic nitrogens is 1. The summed E-state index contributed by atoms with van der Waals surface area (Å²) in [5, 5.41) is 8.70. The van der Waals surface area contributed by atoms with E-state index < -0.39 is 6.43 Å². The van der Waals surface area contributed by atoms with Crippen molar-refractivity contribution < 1.29 is 18.6 Å². The molecule has 0 aliphatic rings. The number of aliphatic hydroxyl groups is 1. The number of alkyl halides is 2. The molecule has 0 aliphatic carbocycles. The third-order valence-electron chi connectivity index (χ3n) is 1.49. The van der Waals surface area contributed by atoms with Gasteiger partial charge in [0.25, 0.3) is 6.43 Å². The Hall–Kier alpha value is -1.23. The van der Waals surface area contributed by atoms with Gasteiger partial charge < -0.3 is 9.84 Å². The molecule has 1 aromatic rings. The van der Waals surface area contributed by atoms with Crippen LogP contribution < -0.4 is 4.74 Å². The molecule has 0 aliphatic heterocycles. The number of hydrogen-bond donors (Lipinski definition) is 1. The van der Waals surface area contributed by atoms with E-state index in [0.717, 1.165) is 6.07 Å². The highest BCUT2D eigenvalue weighted by Crippen LogP contribution is 2.22. The summed E-state index contributed by atoms with van der Waals surface area (Å²) in [5.74, 6) is 0.273. The SMILES string of the molecule is COc1cc(CO)nc(C(F)F)c1. The molecule has 0 bridgehead atoms. The predicted octanol–water partition coefficient (Wildman–Crippen LogP) is 1.52. The molecular weight excluding hydrogens is 180 g/mol. The molecule has 3 nitrogen and oxygen atoms in total. The summed E-state index contributed by atoms with van der Waals surface area (Å²) >= 11 is 0. The van der Waals surface area contributed by atoms with Gasteiger partial charge in [0.1, 0.15) is 11.4 Å². The normalized spacial score (nSPS) is 10.5. The minimum Gasteiger partial charge on any atom is -0.497 e. The molecule has 72 valence electrons. The van der Waals surface area contributed by atoms with Crippen molar-refractivity contribution in [3.8, 4) is 5.75 Å². The minimum atomic E-state index is -2.65. The van der Waals surface area contributed by atoms with E-state index in [1.165, 1.54) is 13.2 Å². The van der Waals surface area contributed by atoms with Gasteiger partial charge in [0.15, 0.2) is 0 Å². The number of ether oxygens (including phenoxy) is 1. The van der Waals surface area contributed by atoms with Crippen molar-refractivity contribution in [2.45, 2.75) is 13.0 Å². The molecule has 1 rings (SSSR count). The fourth-order valence-corrected chi connectivity index (χ4v) is 0.893. The van der Waals surface area contributed by atoms with Gasteiger partial charge in [-0.1, -0.05) is 0 Å². The lowest BCUT2D eigenvalue weighted by atomic mass is 10.3. The number of hydrogen-bond acceptors (Lipinski definition) is 3. The molecular formula is C8H9F2NO2. The summed E-state index contributed by atoms with van der Waals surface area (Å²) in [5.41, 5.74) is -0.210. The molecule has 0 saturated heterocycles. The zero-order valence-corrected chi connectivity index (χ0v) is 7.00. The molecule has 5 heteroatoms. The van der Waals surface area contributed by atoms with Crippen LogP contribution in [0.1, 0.15) is 17.8 Å². The van der Waals surface area contributed by atoms with Crippen LogP contribution in [0.3, 0.4) is 0 Å². The first-order valence-corrected chi connectivity index (χ1v) is 3.61. The van der Waals surface area contributed by atoms with Gasteiger partial charge in [0.2, 0.25) is 0 Å². The molecule has 0 aromatic carbocycles. The third kappa shape index (κ3) is 2.35. The largest absolute Gasteiger partial charge is 0.497 e. The summed E-state index contributed by atoms with van der Waals surface area (Å²) in [6.45, 7) is -0.378. The maximum Gasteiger partial charge on any atom is 0.280 e. The predicted molar refractivity (Wildman–Crippen MR) is 41.7 cm³/mol. The van der Waals surface area contributed by atoms with Crippen molar-refractivity contribution in [3.05, 3.63) is 23.5 Å². The van der Waals surface area contributed by atoms with Crippen molar-refractivity contribution in [2.75, 3.05) is 7.11 Å². The quantitative estimate of drug-likeness (QED) is 0.783. The van der Waals surface area contributed by atoms with Crippen LogP contribution in [-0.4, -0.2) is 17.2 Å². The van der Waals surface area contributed by atoms with E-state index in [9.17, 15) is 8.78 Å². The van der Waals surface area contributed by atoms with E-state index in [1.807, 2.05) is 0 Å². The van der Waals surface area contributed by atoms with Crippen LogP contribution in [0.2, 0.25) is 0 Å². The monoisotopic (exact) mass is 189 g/mol. The lowest BCUT2D eigenvalue weighted by Crippen LogP contribution is -1.97. The highest BCUT2D eigenvalue weighted by Gasteiger charge is 2.11. The smallest absolute Gasteiger partial charge is 0.280 e. The zero-order chi connectivity index (χ0) is 9.84. The summed E-state index contributed by atoms with van der Waals surface area (Å²) in [4.78, 5) is 3.52. The Bertz CT molecular complexity index is 269. The van der Waals surface area contributed by atoms with Gasteiger partial charge in [-0.3, -0.25) is 0 Å². The number of nitrogens with zero attached hydrogens (tertiary/aromatic N) is 1. The fraction of sp³-hybridized carbons (Fsp3) is 0.375. The van der Waals surface area contributed by atoms with E-state index in [-0.39, 0.29) is 23.7 Å². The number of rotatable bonds is 3. The van der Waals surface area contributed by atoms with Crippen molar-refractivity contribution in [1.29, 1.82) is 0 Å². The van der Waals surface area contributed by atoms with Gasteiger partial charge in [0, 0.05) is 12.1 Å². The Morgan fingerprint density at radius 3 is 2.69 bits per heavy atom. The lowest BCUT2D eigenvalue weighted by molar-refractivity contribution is 0.144. The summed E-state index contributed by atoms with van der Waals surface area (Å²) in [6.07, 6.45) is -2.65. The van der Waals surface area contributed by atoms with Gasteiger partial charge in [-0.25, -0.2) is 13.8 Å². The van der Waals surface area contributed by atoms with Crippen LogP contribution in [0.25, 0.3) is 0 Å². The molecule has 0 atom stereocenters. The molecule has 1 N–H and O–H groups in total. The van der Waals surface area contributed by atoms with E-state index >= 15 is 0 Å². The summed E-state index contributed by atoms with van der Waals surface area (Å²) in [7, 11) is 1.37. The van der Waals surface area contributed by atoms with E-state index in [4.69, 9.17) is 9.84 Å². The summed E-state index contributed by atoms with van der Waals surface area (Å²) < 4.78 is 29.2. The van der Waals surface area contributed by atoms with E-state index in [2.05, 4.69) is 4.98 Å². The highest BCUT2D eigenvalue weighted by atomic mass is 19.3. The van der Waals surface area contributed by atoms with Gasteiger partial charge in [-0.05, 0) is 0 Å². The van der Waals surface area contributed by atoms with E-state index in [0.29, 0.717) is 0 Å². The first-order valence-electron chi connectivity index (χ1n) is 3.61. The molecule has 1 aromatic heterocycles. The lowest BCUT2D eigenvalue weighted by Gasteiger charge is -2.05. The van der Waals surface area contributed by atoms with Crippen molar-refractivity contribution in [1.82, 2.24) is 4.98 Å². The van der Waals surface area contributed by atoms with Crippen LogP contribution in [0.4, 0.5) is 8.78 Å². The molecule has 0 saturated carbocycles. The molecule has 1 heterocycles. The Balaban J connectivity index is 3.07. The number of halogens is 2. The van der Waals surface area contributed by atoms with Gasteiger partial charge in [-0.2, -0.15) is 0 Å². The van der Waals surface area contributed by atoms with Crippen LogP contribution >= 0.6 is 0 Å². The number of aliphatic hydroxyl groups excluding tert-OH is 1. The Morgan fingerprint density at radius 1 is 1.54 bits per heavy atom. The highest BCUT2D eigenvalue weighted by molar-refractivity contribution is 5.27. The van der Waals surface area contributed by atoms with Crippen molar-refractivity contribution >= 4 is 0 Å². The average Bonchev–Trinajstić information content (AvgIpc) is 2.16. The average molecular weight is 189 g/mol. The van der Waals surface area contributed by atoms with Crippen LogP contribution in [-0.2, 0) is 6.61 Å². The second kappa shape index (κ2) is 4.13. The Kier molecular flexibility index (Phi) is 3.13. The van der Waals surface area contributed by atoms with Crippen LogP contribution in [0.15, 0.2) is 12.1 Å². The van der Waals surface area contributed by atoms with Crippen LogP contribution in [0.5, 0.6) is 5.75 Å². The molecule has 13 heavy (non-hydrogen) atoms. The minimum absolute atomic E-state index is 0.176. The maximum atomic E-state index is 12.2. The molecule has 0 fully saturated rings. The van der Waals surface area contributed by atoms with Gasteiger partial charge in [0.05, 0.1) is 19.4 Å². The topological polar surface area (TPSA) is 42.4 Å². The molecule has 0 spiro atoms. The number of pyridine rings is 1. The Morgan fingerprint density at radius 2 is 2.23 bits per heavy atom. The van der Waals surface area contributed by atoms with Gasteiger partial charge in [-0.15, -0.1) is 0 Å². The molecule has 0 radical (unpaired) electrons. The summed E-state index contributed by atoms with van der Waals surface area (Å²) in [6, 6.07) is 2.55. The first kappa shape index (κ1) is 9.85. The molecule has 0 unspecified atom stereocenters. The second-order valence-electron chi connectivity index (χ2n) is 2.38. The molecule has 0 amide bonds. The maximum absolute atomic E-state index is 12.2. The third-order valence-corrected chi connectivity index (χ3v) is 1.49. The van der Waals surface area contributed by atoms with Crippen LogP contribution in [0, 0.1) is 0 Å². The van der Waals surface area contributed by atoms with E-state index in [1.54, 1.807) is 0 Å². The van der Waals surface area contributed by atoms with Crippen molar-refractivity contribution in [2.24, 2.45) is 0 Å². The fourth-order valence-electron chi connectivity index (χ4n) is 0.893. The van der Waals surface area contributed by atoms with Gasteiger partial charge >= 0.3 is 0 Å².